The molecule has 6 heterocycles. The van der Waals surface area contributed by atoms with Crippen LogP contribution in [0.2, 0.25) is 0 Å². The van der Waals surface area contributed by atoms with E-state index in [0.29, 0.717) is 41.3 Å². The zero-order valence-corrected chi connectivity index (χ0v) is 22.0. The highest BCUT2D eigenvalue weighted by molar-refractivity contribution is 5.77. The number of H-pyrrole nitrogens is 1. The Kier molecular flexibility index (Phi) is 5.19. The van der Waals surface area contributed by atoms with Crippen LogP contribution in [0.4, 0.5) is 11.8 Å². The van der Waals surface area contributed by atoms with Gasteiger partial charge in [-0.3, -0.25) is 4.68 Å². The number of pyridine rings is 2. The lowest BCUT2D eigenvalue weighted by Gasteiger charge is -2.22. The molecule has 5 aromatic heterocycles. The number of hydrogen-bond acceptors (Lipinski definition) is 8. The van der Waals surface area contributed by atoms with E-state index in [1.54, 1.807) is 12.4 Å². The largest absolute Gasteiger partial charge is 0.454 e. The minimum absolute atomic E-state index is 0.0524. The molecule has 1 aliphatic carbocycles. The summed E-state index contributed by atoms with van der Waals surface area (Å²) in [5.74, 6) is 4.20. The molecule has 2 aliphatic rings. The van der Waals surface area contributed by atoms with Gasteiger partial charge in [0, 0.05) is 48.9 Å². The summed E-state index contributed by atoms with van der Waals surface area (Å²) >= 11 is 0. The van der Waals surface area contributed by atoms with E-state index < -0.39 is 0 Å². The highest BCUT2D eigenvalue weighted by Gasteiger charge is 2.29. The number of aromatic amines is 1. The molecule has 1 saturated heterocycles. The van der Waals surface area contributed by atoms with Crippen LogP contribution >= 0.6 is 0 Å². The number of aromatic nitrogens is 8. The summed E-state index contributed by atoms with van der Waals surface area (Å²) in [7, 11) is 1.95. The number of ether oxygens (including phenoxy) is 2. The van der Waals surface area contributed by atoms with Gasteiger partial charge in [-0.05, 0) is 19.3 Å². The third kappa shape index (κ3) is 4.16. The quantitative estimate of drug-likeness (QED) is 0.321. The van der Waals surface area contributed by atoms with E-state index in [1.165, 1.54) is 12.8 Å². The smallest absolute Gasteiger partial charge is 0.210 e. The van der Waals surface area contributed by atoms with Gasteiger partial charge in [-0.1, -0.05) is 20.8 Å². The van der Waals surface area contributed by atoms with Crippen molar-refractivity contribution in [3.8, 4) is 11.5 Å². The lowest BCUT2D eigenvalue weighted by molar-refractivity contribution is 0.183. The van der Waals surface area contributed by atoms with Crippen molar-refractivity contribution in [2.24, 2.45) is 7.05 Å². The fourth-order valence-corrected chi connectivity index (χ4v) is 4.98. The molecule has 5 aromatic rings. The maximum atomic E-state index is 6.11. The normalized spacial score (nSPS) is 18.1. The zero-order chi connectivity index (χ0) is 26.0. The molecule has 7 rings (SSSR count). The second kappa shape index (κ2) is 8.52. The maximum Gasteiger partial charge on any atom is 0.210 e. The van der Waals surface area contributed by atoms with E-state index in [2.05, 4.69) is 56.8 Å². The van der Waals surface area contributed by atoms with Gasteiger partial charge in [-0.25, -0.2) is 15.0 Å². The summed E-state index contributed by atoms with van der Waals surface area (Å²) in [6.07, 6.45) is 6.71. The Labute approximate surface area is 219 Å². The van der Waals surface area contributed by atoms with Crippen LogP contribution in [-0.4, -0.2) is 52.5 Å². The van der Waals surface area contributed by atoms with Crippen molar-refractivity contribution in [1.29, 1.82) is 0 Å². The molecule has 0 spiro atoms. The lowest BCUT2D eigenvalue weighted by Crippen LogP contribution is -2.22. The van der Waals surface area contributed by atoms with E-state index in [9.17, 15) is 0 Å². The van der Waals surface area contributed by atoms with Crippen molar-refractivity contribution < 1.29 is 9.47 Å². The van der Waals surface area contributed by atoms with Gasteiger partial charge >= 0.3 is 0 Å². The number of imidazole rings is 2. The molecule has 2 N–H and O–H groups in total. The van der Waals surface area contributed by atoms with E-state index in [0.717, 1.165) is 41.4 Å². The first-order valence-corrected chi connectivity index (χ1v) is 13.1. The summed E-state index contributed by atoms with van der Waals surface area (Å²) in [5.41, 5.74) is 4.17. The molecule has 196 valence electrons. The molecule has 38 heavy (non-hydrogen) atoms. The molecule has 1 saturated carbocycles. The van der Waals surface area contributed by atoms with Gasteiger partial charge in [0.25, 0.3) is 0 Å². The Bertz CT molecular complexity index is 1650. The second-order valence-corrected chi connectivity index (χ2v) is 11.3. The van der Waals surface area contributed by atoms with E-state index >= 15 is 0 Å². The minimum Gasteiger partial charge on any atom is -0.454 e. The standard InChI is InChI=1S/C27H31N9O2/c1-27(2,3)21-11-22(34-36(21)16-7-8-37-14-16)31-26-33-25-20(35(26)4)10-18(13-29-25)38-17-9-19-24(28-12-17)32-23(30-19)15-5-6-15/h9-13,15-16H,5-8,14H2,1-4H3,(H,28,30,32)(H,29,31,33,34)/t16-/m1/s1. The summed E-state index contributed by atoms with van der Waals surface area (Å²) in [6, 6.07) is 6.22. The Morgan fingerprint density at radius 3 is 2.55 bits per heavy atom. The third-order valence-corrected chi connectivity index (χ3v) is 7.24. The van der Waals surface area contributed by atoms with Gasteiger partial charge < -0.3 is 24.3 Å². The first kappa shape index (κ1) is 23.2. The SMILES string of the molecule is Cn1c(Nc2cc(C(C)(C)C)n([C@@H]3CCOC3)n2)nc2ncc(Oc3cnc4nc(C5CC5)[nH]c4c3)cc21. The molecular weight excluding hydrogens is 482 g/mol. The van der Waals surface area contributed by atoms with Crippen LogP contribution in [-0.2, 0) is 17.2 Å². The number of fused-ring (bicyclic) bond motifs is 2. The number of nitrogens with zero attached hydrogens (tertiary/aromatic N) is 7. The fourth-order valence-electron chi connectivity index (χ4n) is 4.98. The topological polar surface area (TPSA) is 121 Å². The molecule has 11 nitrogen and oxygen atoms in total. The Morgan fingerprint density at radius 1 is 1.03 bits per heavy atom. The maximum absolute atomic E-state index is 6.11. The van der Waals surface area contributed by atoms with Crippen LogP contribution in [0.25, 0.3) is 22.3 Å². The number of rotatable bonds is 6. The van der Waals surface area contributed by atoms with Crippen molar-refractivity contribution >= 4 is 34.1 Å². The number of hydrogen-bond donors (Lipinski definition) is 2. The van der Waals surface area contributed by atoms with Gasteiger partial charge in [0.15, 0.2) is 17.1 Å². The van der Waals surface area contributed by atoms with Crippen LogP contribution in [0, 0.1) is 0 Å². The van der Waals surface area contributed by atoms with Gasteiger partial charge in [0.1, 0.15) is 17.3 Å². The molecule has 0 aromatic carbocycles. The Balaban J connectivity index is 1.15. The molecule has 0 bridgehead atoms. The minimum atomic E-state index is -0.0524. The molecule has 1 aliphatic heterocycles. The number of aryl methyl sites for hydroxylation is 1. The fraction of sp³-hybridized carbons (Fsp3) is 0.444. The highest BCUT2D eigenvalue weighted by atomic mass is 16.5. The molecule has 2 fully saturated rings. The van der Waals surface area contributed by atoms with E-state index in [-0.39, 0.29) is 11.5 Å². The molecule has 11 heteroatoms. The van der Waals surface area contributed by atoms with Crippen molar-refractivity contribution in [2.75, 3.05) is 18.5 Å². The van der Waals surface area contributed by atoms with Crippen LogP contribution in [0.3, 0.4) is 0 Å². The summed E-state index contributed by atoms with van der Waals surface area (Å²) in [4.78, 5) is 21.7. The van der Waals surface area contributed by atoms with Crippen LogP contribution in [0.5, 0.6) is 11.5 Å². The average molecular weight is 514 g/mol. The number of anilines is 2. The van der Waals surface area contributed by atoms with Crippen LogP contribution in [0.15, 0.2) is 30.6 Å². The average Bonchev–Trinajstić information content (AvgIpc) is 3.24. The zero-order valence-electron chi connectivity index (χ0n) is 22.0. The van der Waals surface area contributed by atoms with Gasteiger partial charge in [0.2, 0.25) is 5.95 Å². The Morgan fingerprint density at radius 2 is 1.82 bits per heavy atom. The molecular formula is C27H31N9O2. The van der Waals surface area contributed by atoms with Crippen LogP contribution in [0.1, 0.15) is 63.5 Å². The molecule has 0 amide bonds. The van der Waals surface area contributed by atoms with Crippen molar-refractivity contribution in [2.45, 2.75) is 57.4 Å². The first-order chi connectivity index (χ1) is 18.3. The predicted molar refractivity (Wildman–Crippen MR) is 143 cm³/mol. The first-order valence-electron chi connectivity index (χ1n) is 13.1. The predicted octanol–water partition coefficient (Wildman–Crippen LogP) is 5.11. The highest BCUT2D eigenvalue weighted by Crippen LogP contribution is 2.39. The lowest BCUT2D eigenvalue weighted by atomic mass is 9.91. The summed E-state index contributed by atoms with van der Waals surface area (Å²) in [6.45, 7) is 8.06. The van der Waals surface area contributed by atoms with Gasteiger partial charge in [-0.2, -0.15) is 10.1 Å². The molecule has 1 atom stereocenters. The summed E-state index contributed by atoms with van der Waals surface area (Å²) < 4.78 is 15.8. The van der Waals surface area contributed by atoms with Crippen LogP contribution < -0.4 is 10.1 Å². The Hall–Kier alpha value is -3.99. The van der Waals surface area contributed by atoms with E-state index in [1.807, 2.05) is 23.7 Å². The van der Waals surface area contributed by atoms with Crippen molar-refractivity contribution in [3.05, 3.63) is 42.1 Å². The van der Waals surface area contributed by atoms with E-state index in [4.69, 9.17) is 19.6 Å². The van der Waals surface area contributed by atoms with Crippen molar-refractivity contribution in [1.82, 2.24) is 39.3 Å². The van der Waals surface area contributed by atoms with Crippen molar-refractivity contribution in [3.63, 3.8) is 0 Å². The number of nitrogens with one attached hydrogen (secondary N) is 2. The monoisotopic (exact) mass is 513 g/mol. The van der Waals surface area contributed by atoms with Gasteiger partial charge in [0.05, 0.1) is 36.1 Å². The second-order valence-electron chi connectivity index (χ2n) is 11.3. The van der Waals surface area contributed by atoms with Gasteiger partial charge in [-0.15, -0.1) is 0 Å². The molecule has 0 radical (unpaired) electrons. The molecule has 0 unspecified atom stereocenters. The summed E-state index contributed by atoms with van der Waals surface area (Å²) in [5, 5.41) is 8.29. The third-order valence-electron chi connectivity index (χ3n) is 7.24.